The van der Waals surface area contributed by atoms with Gasteiger partial charge in [0.2, 0.25) is 5.91 Å². The zero-order chi connectivity index (χ0) is 11.1. The Labute approximate surface area is 92.0 Å². The number of amides is 1. The van der Waals surface area contributed by atoms with Crippen molar-refractivity contribution in [3.63, 3.8) is 0 Å². The lowest BCUT2D eigenvalue weighted by atomic mass is 10.0. The van der Waals surface area contributed by atoms with Crippen molar-refractivity contribution in [2.45, 2.75) is 32.2 Å². The van der Waals surface area contributed by atoms with Gasteiger partial charge in [-0.25, -0.2) is 0 Å². The predicted octanol–water partition coefficient (Wildman–Crippen LogP) is 0.623. The van der Waals surface area contributed by atoms with Crippen molar-refractivity contribution in [1.29, 1.82) is 0 Å². The molecular weight excluding hydrogens is 192 g/mol. The molecule has 0 aliphatic carbocycles. The summed E-state index contributed by atoms with van der Waals surface area (Å²) in [5.41, 5.74) is 0. The molecule has 1 saturated heterocycles. The average molecular weight is 214 g/mol. The molecule has 0 aromatic rings. The molecule has 0 radical (unpaired) electrons. The zero-order valence-corrected chi connectivity index (χ0v) is 9.79. The van der Waals surface area contributed by atoms with Crippen molar-refractivity contribution < 1.29 is 9.53 Å². The number of hydrogen-bond donors (Lipinski definition) is 1. The quantitative estimate of drug-likeness (QED) is 0.729. The number of piperidine rings is 1. The molecule has 0 aromatic carbocycles. The van der Waals surface area contributed by atoms with Gasteiger partial charge >= 0.3 is 0 Å². The number of rotatable bonds is 5. The molecule has 1 aliphatic rings. The summed E-state index contributed by atoms with van der Waals surface area (Å²) in [5, 5.41) is 3.49. The maximum absolute atomic E-state index is 11.5. The van der Waals surface area contributed by atoms with Gasteiger partial charge in [-0.05, 0) is 25.8 Å². The molecule has 0 atom stereocenters. The molecule has 0 aromatic heterocycles. The van der Waals surface area contributed by atoms with E-state index < -0.39 is 0 Å². The third-order valence-electron chi connectivity index (χ3n) is 2.80. The molecule has 0 saturated carbocycles. The van der Waals surface area contributed by atoms with Gasteiger partial charge in [0.15, 0.2) is 0 Å². The Morgan fingerprint density at radius 2 is 2.13 bits per heavy atom. The fourth-order valence-electron chi connectivity index (χ4n) is 1.90. The lowest BCUT2D eigenvalue weighted by molar-refractivity contribution is -0.136. The summed E-state index contributed by atoms with van der Waals surface area (Å²) in [6.45, 7) is 5.20. The number of hydrogen-bond acceptors (Lipinski definition) is 3. The lowest BCUT2D eigenvalue weighted by Gasteiger charge is -2.32. The molecule has 1 aliphatic heterocycles. The fourth-order valence-corrected chi connectivity index (χ4v) is 1.90. The van der Waals surface area contributed by atoms with Crippen molar-refractivity contribution in [1.82, 2.24) is 10.2 Å². The van der Waals surface area contributed by atoms with E-state index in [4.69, 9.17) is 4.74 Å². The highest BCUT2D eigenvalue weighted by molar-refractivity contribution is 5.77. The number of likely N-dealkylation sites (tertiary alicyclic amines) is 1. The minimum atomic E-state index is 0.117. The van der Waals surface area contributed by atoms with E-state index in [-0.39, 0.29) is 12.5 Å². The van der Waals surface area contributed by atoms with Crippen LogP contribution in [-0.2, 0) is 9.53 Å². The first-order valence-corrected chi connectivity index (χ1v) is 5.78. The largest absolute Gasteiger partial charge is 0.375 e. The predicted molar refractivity (Wildman–Crippen MR) is 59.8 cm³/mol. The number of methoxy groups -OCH3 is 1. The maximum Gasteiger partial charge on any atom is 0.248 e. The molecule has 4 heteroatoms. The van der Waals surface area contributed by atoms with Gasteiger partial charge in [-0.15, -0.1) is 0 Å². The fraction of sp³-hybridized carbons (Fsp3) is 0.909. The highest BCUT2D eigenvalue weighted by Gasteiger charge is 2.21. The number of carbonyl (C=O) groups is 1. The highest BCUT2D eigenvalue weighted by Crippen LogP contribution is 2.10. The van der Waals surface area contributed by atoms with Crippen molar-refractivity contribution in [2.24, 2.45) is 0 Å². The Hall–Kier alpha value is -0.610. The molecule has 0 bridgehead atoms. The van der Waals surface area contributed by atoms with Crippen LogP contribution in [0.3, 0.4) is 0 Å². The summed E-state index contributed by atoms with van der Waals surface area (Å²) in [4.78, 5) is 13.4. The minimum absolute atomic E-state index is 0.117. The maximum atomic E-state index is 11.5. The molecule has 1 heterocycles. The van der Waals surface area contributed by atoms with E-state index in [2.05, 4.69) is 12.2 Å². The molecule has 1 N–H and O–H groups in total. The van der Waals surface area contributed by atoms with Crippen molar-refractivity contribution in [2.75, 3.05) is 33.4 Å². The van der Waals surface area contributed by atoms with E-state index >= 15 is 0 Å². The molecule has 1 amide bonds. The summed E-state index contributed by atoms with van der Waals surface area (Å²) in [6, 6.07) is 0.594. The Morgan fingerprint density at radius 1 is 1.47 bits per heavy atom. The summed E-state index contributed by atoms with van der Waals surface area (Å²) in [6.07, 6.45) is 3.30. The Bertz CT molecular complexity index is 189. The summed E-state index contributed by atoms with van der Waals surface area (Å²) < 4.78 is 4.84. The Morgan fingerprint density at radius 3 is 2.67 bits per heavy atom. The second-order valence-electron chi connectivity index (χ2n) is 4.04. The van der Waals surface area contributed by atoms with Gasteiger partial charge in [0, 0.05) is 26.2 Å². The van der Waals surface area contributed by atoms with Gasteiger partial charge in [-0.3, -0.25) is 4.79 Å². The zero-order valence-electron chi connectivity index (χ0n) is 9.79. The third kappa shape index (κ3) is 4.18. The van der Waals surface area contributed by atoms with E-state index in [1.165, 1.54) is 6.42 Å². The van der Waals surface area contributed by atoms with E-state index in [1.54, 1.807) is 7.11 Å². The van der Waals surface area contributed by atoms with Crippen molar-refractivity contribution in [3.8, 4) is 0 Å². The first kappa shape index (κ1) is 12.5. The standard InChI is InChI=1S/C11H22N2O2/c1-3-6-12-10-4-7-13(8-5-10)11(14)9-15-2/h10,12H,3-9H2,1-2H3. The molecule has 88 valence electrons. The monoisotopic (exact) mass is 214 g/mol. The van der Waals surface area contributed by atoms with E-state index in [1.807, 2.05) is 4.90 Å². The molecule has 4 nitrogen and oxygen atoms in total. The summed E-state index contributed by atoms with van der Waals surface area (Å²) in [7, 11) is 1.56. The van der Waals surface area contributed by atoms with Crippen LogP contribution in [0.25, 0.3) is 0 Å². The van der Waals surface area contributed by atoms with Gasteiger partial charge in [0.25, 0.3) is 0 Å². The summed E-state index contributed by atoms with van der Waals surface area (Å²) >= 11 is 0. The van der Waals surface area contributed by atoms with Crippen LogP contribution >= 0.6 is 0 Å². The third-order valence-corrected chi connectivity index (χ3v) is 2.80. The van der Waals surface area contributed by atoms with E-state index in [0.717, 1.165) is 32.5 Å². The topological polar surface area (TPSA) is 41.6 Å². The smallest absolute Gasteiger partial charge is 0.248 e. The first-order chi connectivity index (χ1) is 7.27. The van der Waals surface area contributed by atoms with Crippen LogP contribution in [0.1, 0.15) is 26.2 Å². The molecule has 0 unspecified atom stereocenters. The molecule has 0 spiro atoms. The number of nitrogens with one attached hydrogen (secondary N) is 1. The number of ether oxygens (including phenoxy) is 1. The molecule has 15 heavy (non-hydrogen) atoms. The molecule has 1 rings (SSSR count). The minimum Gasteiger partial charge on any atom is -0.375 e. The average Bonchev–Trinajstić information content (AvgIpc) is 2.27. The van der Waals surface area contributed by atoms with Gasteiger partial charge in [-0.1, -0.05) is 6.92 Å². The van der Waals surface area contributed by atoms with Crippen molar-refractivity contribution >= 4 is 5.91 Å². The Balaban J connectivity index is 2.20. The Kier molecular flexibility index (Phi) is 5.65. The number of nitrogens with zero attached hydrogens (tertiary/aromatic N) is 1. The van der Waals surface area contributed by atoms with Crippen LogP contribution in [0.5, 0.6) is 0 Å². The molecular formula is C11H22N2O2. The normalized spacial score (nSPS) is 18.1. The van der Waals surface area contributed by atoms with Gasteiger partial charge < -0.3 is 15.0 Å². The molecule has 1 fully saturated rings. The van der Waals surface area contributed by atoms with Crippen LogP contribution in [0.2, 0.25) is 0 Å². The van der Waals surface area contributed by atoms with Crippen LogP contribution < -0.4 is 5.32 Å². The first-order valence-electron chi connectivity index (χ1n) is 5.78. The SMILES string of the molecule is CCCNC1CCN(C(=O)COC)CC1. The second kappa shape index (κ2) is 6.80. The number of carbonyl (C=O) groups excluding carboxylic acids is 1. The van der Waals surface area contributed by atoms with Crippen molar-refractivity contribution in [3.05, 3.63) is 0 Å². The second-order valence-corrected chi connectivity index (χ2v) is 4.04. The van der Waals surface area contributed by atoms with Crippen LogP contribution in [0.4, 0.5) is 0 Å². The van der Waals surface area contributed by atoms with Gasteiger partial charge in [0.1, 0.15) is 6.61 Å². The summed E-state index contributed by atoms with van der Waals surface area (Å²) in [5.74, 6) is 0.117. The van der Waals surface area contributed by atoms with Crippen LogP contribution in [-0.4, -0.2) is 50.2 Å². The lowest BCUT2D eigenvalue weighted by Crippen LogP contribution is -2.46. The highest BCUT2D eigenvalue weighted by atomic mass is 16.5. The van der Waals surface area contributed by atoms with E-state index in [0.29, 0.717) is 6.04 Å². The van der Waals surface area contributed by atoms with Gasteiger partial charge in [0.05, 0.1) is 0 Å². The van der Waals surface area contributed by atoms with Gasteiger partial charge in [-0.2, -0.15) is 0 Å². The van der Waals surface area contributed by atoms with E-state index in [9.17, 15) is 4.79 Å². The van der Waals surface area contributed by atoms with Crippen LogP contribution in [0, 0.1) is 0 Å². The van der Waals surface area contributed by atoms with Crippen LogP contribution in [0.15, 0.2) is 0 Å².